The van der Waals surface area contributed by atoms with E-state index in [1.54, 1.807) is 6.07 Å². The second-order valence-corrected chi connectivity index (χ2v) is 3.14. The lowest BCUT2D eigenvalue weighted by Gasteiger charge is -2.13. The van der Waals surface area contributed by atoms with Crippen LogP contribution in [0.2, 0.25) is 0 Å². The number of benzene rings is 1. The Morgan fingerprint density at radius 2 is 2.00 bits per heavy atom. The van der Waals surface area contributed by atoms with Gasteiger partial charge in [0.1, 0.15) is 5.82 Å². The summed E-state index contributed by atoms with van der Waals surface area (Å²) in [6.45, 7) is 3.77. The molecule has 0 spiro atoms. The van der Waals surface area contributed by atoms with Gasteiger partial charge < -0.3 is 11.2 Å². The minimum absolute atomic E-state index is 0.202. The summed E-state index contributed by atoms with van der Waals surface area (Å²) in [5.74, 6) is 5.09. The molecule has 0 aliphatic carbocycles. The molecule has 1 aromatic carbocycles. The van der Waals surface area contributed by atoms with E-state index in [4.69, 9.17) is 11.6 Å². The number of rotatable bonds is 3. The van der Waals surface area contributed by atoms with Gasteiger partial charge in [0.15, 0.2) is 0 Å². The van der Waals surface area contributed by atoms with E-state index in [1.807, 2.05) is 13.8 Å². The Hall–Kier alpha value is -1.29. The van der Waals surface area contributed by atoms with E-state index in [0.717, 1.165) is 0 Å². The molecule has 0 aliphatic heterocycles. The van der Waals surface area contributed by atoms with Crippen molar-refractivity contribution in [1.82, 2.24) is 0 Å². The van der Waals surface area contributed by atoms with Crippen molar-refractivity contribution in [2.24, 2.45) is 5.84 Å². The van der Waals surface area contributed by atoms with Crippen LogP contribution < -0.4 is 17.0 Å². The summed E-state index contributed by atoms with van der Waals surface area (Å²) in [6, 6.07) is 1.66. The van der Waals surface area contributed by atoms with E-state index in [0.29, 0.717) is 35.3 Å². The molecular weight excluding hydrogens is 181 g/mol. The van der Waals surface area contributed by atoms with Gasteiger partial charge in [0.2, 0.25) is 0 Å². The van der Waals surface area contributed by atoms with Crippen LogP contribution in [0.5, 0.6) is 0 Å². The van der Waals surface area contributed by atoms with Gasteiger partial charge in [0, 0.05) is 5.56 Å². The summed E-state index contributed by atoms with van der Waals surface area (Å²) in [5, 5.41) is 0. The Bertz CT molecular complexity index is 308. The van der Waals surface area contributed by atoms with Gasteiger partial charge >= 0.3 is 0 Å². The summed E-state index contributed by atoms with van der Waals surface area (Å²) < 4.78 is 13.7. The Morgan fingerprint density at radius 1 is 1.36 bits per heavy atom. The molecule has 0 aliphatic rings. The number of anilines is 2. The van der Waals surface area contributed by atoms with Crippen LogP contribution in [0.25, 0.3) is 0 Å². The number of hydrogen-bond donors (Lipinski definition) is 3. The molecule has 0 unspecified atom stereocenters. The Kier molecular flexibility index (Phi) is 3.30. The molecule has 5 N–H and O–H groups in total. The van der Waals surface area contributed by atoms with Crippen LogP contribution in [0.4, 0.5) is 15.8 Å². The van der Waals surface area contributed by atoms with Crippen LogP contribution >= 0.6 is 0 Å². The summed E-state index contributed by atoms with van der Waals surface area (Å²) in [7, 11) is 0. The van der Waals surface area contributed by atoms with Crippen LogP contribution in [-0.2, 0) is 12.8 Å². The molecule has 0 heterocycles. The van der Waals surface area contributed by atoms with Gasteiger partial charge in [-0.15, -0.1) is 0 Å². The Labute approximate surface area is 83.3 Å². The second-order valence-electron chi connectivity index (χ2n) is 3.14. The van der Waals surface area contributed by atoms with Crippen LogP contribution in [0.15, 0.2) is 6.07 Å². The normalized spacial score (nSPS) is 10.3. The highest BCUT2D eigenvalue weighted by molar-refractivity contribution is 5.71. The third kappa shape index (κ3) is 1.65. The molecule has 0 amide bonds. The summed E-state index contributed by atoms with van der Waals surface area (Å²) in [5.41, 5.74) is 10.4. The SMILES string of the molecule is CCc1cc(NN)c(N)c(CC)c1F. The monoisotopic (exact) mass is 197 g/mol. The molecule has 1 rings (SSSR count). The maximum absolute atomic E-state index is 13.7. The molecule has 0 bridgehead atoms. The first-order valence-electron chi connectivity index (χ1n) is 4.72. The summed E-state index contributed by atoms with van der Waals surface area (Å²) in [4.78, 5) is 0. The van der Waals surface area contributed by atoms with Crippen LogP contribution in [-0.4, -0.2) is 0 Å². The number of hydrazine groups is 1. The van der Waals surface area contributed by atoms with Crippen LogP contribution in [0.3, 0.4) is 0 Å². The first-order chi connectivity index (χ1) is 6.65. The van der Waals surface area contributed by atoms with E-state index in [9.17, 15) is 4.39 Å². The highest BCUT2D eigenvalue weighted by Crippen LogP contribution is 2.28. The largest absolute Gasteiger partial charge is 0.397 e. The van der Waals surface area contributed by atoms with E-state index in [2.05, 4.69) is 5.43 Å². The average Bonchev–Trinajstić information content (AvgIpc) is 2.19. The predicted molar refractivity (Wildman–Crippen MR) is 57.4 cm³/mol. The third-order valence-corrected chi connectivity index (χ3v) is 2.37. The van der Waals surface area contributed by atoms with Crippen molar-refractivity contribution < 1.29 is 4.39 Å². The number of aryl methyl sites for hydroxylation is 1. The molecule has 3 nitrogen and oxygen atoms in total. The smallest absolute Gasteiger partial charge is 0.131 e. The molecule has 0 aromatic heterocycles. The van der Waals surface area contributed by atoms with Crippen molar-refractivity contribution in [3.05, 3.63) is 23.0 Å². The van der Waals surface area contributed by atoms with E-state index < -0.39 is 0 Å². The molecule has 0 fully saturated rings. The van der Waals surface area contributed by atoms with Crippen LogP contribution in [0, 0.1) is 5.82 Å². The average molecular weight is 197 g/mol. The van der Waals surface area contributed by atoms with E-state index in [1.165, 1.54) is 0 Å². The van der Waals surface area contributed by atoms with Gasteiger partial charge in [-0.1, -0.05) is 13.8 Å². The van der Waals surface area contributed by atoms with Crippen molar-refractivity contribution in [2.45, 2.75) is 26.7 Å². The zero-order valence-corrected chi connectivity index (χ0v) is 8.52. The summed E-state index contributed by atoms with van der Waals surface area (Å²) >= 11 is 0. The quantitative estimate of drug-likeness (QED) is 0.393. The molecule has 78 valence electrons. The maximum Gasteiger partial charge on any atom is 0.131 e. The highest BCUT2D eigenvalue weighted by Gasteiger charge is 2.13. The fraction of sp³-hybridized carbons (Fsp3) is 0.400. The van der Waals surface area contributed by atoms with Gasteiger partial charge in [-0.3, -0.25) is 5.84 Å². The van der Waals surface area contributed by atoms with Gasteiger partial charge in [-0.2, -0.15) is 0 Å². The number of hydrogen-bond acceptors (Lipinski definition) is 3. The standard InChI is InChI=1S/C10H16FN3/c1-3-6-5-8(14-13)10(12)7(4-2)9(6)11/h5,14H,3-4,12-13H2,1-2H3. The maximum atomic E-state index is 13.7. The van der Waals surface area contributed by atoms with E-state index in [-0.39, 0.29) is 5.82 Å². The lowest BCUT2D eigenvalue weighted by Crippen LogP contribution is -2.12. The Morgan fingerprint density at radius 3 is 2.43 bits per heavy atom. The zero-order chi connectivity index (χ0) is 10.7. The molecular formula is C10H16FN3. The molecule has 0 saturated heterocycles. The first kappa shape index (κ1) is 10.8. The number of nitrogens with one attached hydrogen (secondary N) is 1. The number of nitrogens with two attached hydrogens (primary N) is 2. The van der Waals surface area contributed by atoms with Crippen molar-refractivity contribution in [3.63, 3.8) is 0 Å². The van der Waals surface area contributed by atoms with Crippen molar-refractivity contribution >= 4 is 11.4 Å². The molecule has 0 radical (unpaired) electrons. The van der Waals surface area contributed by atoms with Gasteiger partial charge in [-0.05, 0) is 24.5 Å². The highest BCUT2D eigenvalue weighted by atomic mass is 19.1. The topological polar surface area (TPSA) is 64.1 Å². The summed E-state index contributed by atoms with van der Waals surface area (Å²) in [6.07, 6.45) is 1.20. The Balaban J connectivity index is 3.39. The molecule has 0 atom stereocenters. The fourth-order valence-corrected chi connectivity index (χ4v) is 1.51. The molecule has 0 saturated carbocycles. The van der Waals surface area contributed by atoms with Crippen molar-refractivity contribution in [1.29, 1.82) is 0 Å². The molecule has 4 heteroatoms. The third-order valence-electron chi connectivity index (χ3n) is 2.37. The minimum Gasteiger partial charge on any atom is -0.397 e. The van der Waals surface area contributed by atoms with Gasteiger partial charge in [-0.25, -0.2) is 4.39 Å². The van der Waals surface area contributed by atoms with Crippen molar-refractivity contribution in [2.75, 3.05) is 11.2 Å². The van der Waals surface area contributed by atoms with Gasteiger partial charge in [0.05, 0.1) is 11.4 Å². The van der Waals surface area contributed by atoms with Gasteiger partial charge in [0.25, 0.3) is 0 Å². The minimum atomic E-state index is -0.202. The predicted octanol–water partition coefficient (Wildman–Crippen LogP) is 1.82. The van der Waals surface area contributed by atoms with E-state index >= 15 is 0 Å². The lowest BCUT2D eigenvalue weighted by molar-refractivity contribution is 0.598. The first-order valence-corrected chi connectivity index (χ1v) is 4.72. The second kappa shape index (κ2) is 4.28. The lowest BCUT2D eigenvalue weighted by atomic mass is 10.0. The molecule has 14 heavy (non-hydrogen) atoms. The number of halogens is 1. The van der Waals surface area contributed by atoms with Crippen molar-refractivity contribution in [3.8, 4) is 0 Å². The zero-order valence-electron chi connectivity index (χ0n) is 8.52. The number of nitrogen functional groups attached to an aromatic ring is 2. The molecule has 1 aromatic rings. The van der Waals surface area contributed by atoms with Crippen LogP contribution in [0.1, 0.15) is 25.0 Å². The fourth-order valence-electron chi connectivity index (χ4n) is 1.51.